The molecule has 0 radical (unpaired) electrons. The summed E-state index contributed by atoms with van der Waals surface area (Å²) in [6.07, 6.45) is 0. The van der Waals surface area contributed by atoms with Crippen molar-refractivity contribution in [1.82, 2.24) is 9.78 Å². The zero-order valence-electron chi connectivity index (χ0n) is 8.88. The quantitative estimate of drug-likeness (QED) is 0.840. The Morgan fingerprint density at radius 3 is 3.00 bits per heavy atom. The largest absolute Gasteiger partial charge is 0.480 e. The summed E-state index contributed by atoms with van der Waals surface area (Å²) in [6.45, 7) is -0.0848. The summed E-state index contributed by atoms with van der Waals surface area (Å²) >= 11 is 0. The lowest BCUT2D eigenvalue weighted by molar-refractivity contribution is -0.142. The molecule has 0 aliphatic rings. The van der Waals surface area contributed by atoms with Gasteiger partial charge in [0.1, 0.15) is 6.61 Å². The van der Waals surface area contributed by atoms with Crippen LogP contribution in [0.4, 0.5) is 0 Å². The molecule has 0 spiro atoms. The van der Waals surface area contributed by atoms with Crippen molar-refractivity contribution in [2.75, 3.05) is 6.61 Å². The summed E-state index contributed by atoms with van der Waals surface area (Å²) in [5.74, 6) is -0.972. The summed E-state index contributed by atoms with van der Waals surface area (Å²) in [5, 5.41) is 13.7. The van der Waals surface area contributed by atoms with Crippen LogP contribution >= 0.6 is 0 Å². The predicted octanol–water partition coefficient (Wildman–Crippen LogP) is 1.17. The number of benzene rings is 1. The van der Waals surface area contributed by atoms with Crippen molar-refractivity contribution >= 4 is 16.9 Å². The molecule has 16 heavy (non-hydrogen) atoms. The predicted molar refractivity (Wildman–Crippen MR) is 58.0 cm³/mol. The molecule has 0 aliphatic heterocycles. The zero-order valence-corrected chi connectivity index (χ0v) is 8.88. The highest BCUT2D eigenvalue weighted by molar-refractivity contribution is 5.81. The molecule has 1 aromatic heterocycles. The Balaban J connectivity index is 2.21. The number of aliphatic carboxylic acids is 1. The summed E-state index contributed by atoms with van der Waals surface area (Å²) < 4.78 is 6.79. The van der Waals surface area contributed by atoms with Gasteiger partial charge in [-0.3, -0.25) is 4.68 Å². The molecule has 84 valence electrons. The maximum Gasteiger partial charge on any atom is 0.329 e. The fourth-order valence-electron chi connectivity index (χ4n) is 1.63. The molecule has 0 unspecified atom stereocenters. The van der Waals surface area contributed by atoms with E-state index in [9.17, 15) is 4.79 Å². The molecule has 2 aromatic rings. The Morgan fingerprint density at radius 1 is 1.50 bits per heavy atom. The number of hydrogen-bond acceptors (Lipinski definition) is 3. The van der Waals surface area contributed by atoms with Crippen LogP contribution in [0.15, 0.2) is 24.3 Å². The molecule has 0 aliphatic carbocycles. The molecule has 2 rings (SSSR count). The Morgan fingerprint density at radius 2 is 2.25 bits per heavy atom. The number of hydrogen-bond donors (Lipinski definition) is 1. The maximum absolute atomic E-state index is 10.3. The Kier molecular flexibility index (Phi) is 2.87. The van der Waals surface area contributed by atoms with Crippen LogP contribution in [0.2, 0.25) is 0 Å². The molecule has 0 atom stereocenters. The summed E-state index contributed by atoms with van der Waals surface area (Å²) in [5.41, 5.74) is 1.77. The lowest BCUT2D eigenvalue weighted by atomic mass is 10.2. The third-order valence-corrected chi connectivity index (χ3v) is 2.30. The van der Waals surface area contributed by atoms with Crippen LogP contribution in [0.5, 0.6) is 0 Å². The van der Waals surface area contributed by atoms with Crippen LogP contribution in [-0.2, 0) is 23.2 Å². The molecular weight excluding hydrogens is 208 g/mol. The maximum atomic E-state index is 10.3. The number of carboxylic acids is 1. The van der Waals surface area contributed by atoms with E-state index in [2.05, 4.69) is 5.10 Å². The van der Waals surface area contributed by atoms with E-state index < -0.39 is 5.97 Å². The van der Waals surface area contributed by atoms with Gasteiger partial charge >= 0.3 is 5.97 Å². The summed E-state index contributed by atoms with van der Waals surface area (Å²) in [7, 11) is 1.85. The van der Waals surface area contributed by atoms with Crippen molar-refractivity contribution in [2.45, 2.75) is 6.61 Å². The zero-order chi connectivity index (χ0) is 11.5. The van der Waals surface area contributed by atoms with Gasteiger partial charge < -0.3 is 9.84 Å². The van der Waals surface area contributed by atoms with E-state index in [0.717, 1.165) is 16.6 Å². The number of para-hydroxylation sites is 1. The Bertz CT molecular complexity index is 519. The molecule has 1 N–H and O–H groups in total. The molecule has 0 bridgehead atoms. The highest BCUT2D eigenvalue weighted by Crippen LogP contribution is 2.17. The molecular formula is C11H12N2O3. The fraction of sp³-hybridized carbons (Fsp3) is 0.273. The lowest BCUT2D eigenvalue weighted by Crippen LogP contribution is -2.07. The average Bonchev–Trinajstić information content (AvgIpc) is 2.57. The van der Waals surface area contributed by atoms with E-state index in [1.165, 1.54) is 0 Å². The number of aromatic nitrogens is 2. The number of nitrogens with zero attached hydrogens (tertiary/aromatic N) is 2. The molecule has 5 heteroatoms. The highest BCUT2D eigenvalue weighted by atomic mass is 16.5. The first-order chi connectivity index (χ1) is 7.68. The smallest absolute Gasteiger partial charge is 0.329 e. The summed E-state index contributed by atoms with van der Waals surface area (Å²) in [6, 6.07) is 7.77. The molecule has 1 aromatic carbocycles. The number of ether oxygens (including phenoxy) is 1. The van der Waals surface area contributed by atoms with Gasteiger partial charge in [-0.1, -0.05) is 18.2 Å². The third-order valence-electron chi connectivity index (χ3n) is 2.30. The molecule has 0 fully saturated rings. The van der Waals surface area contributed by atoms with Gasteiger partial charge in [0.25, 0.3) is 0 Å². The highest BCUT2D eigenvalue weighted by Gasteiger charge is 2.08. The first-order valence-corrected chi connectivity index (χ1v) is 4.88. The second-order valence-electron chi connectivity index (χ2n) is 3.47. The van der Waals surface area contributed by atoms with Crippen molar-refractivity contribution in [3.05, 3.63) is 30.0 Å². The van der Waals surface area contributed by atoms with Crippen LogP contribution in [0.1, 0.15) is 5.69 Å². The van der Waals surface area contributed by atoms with Gasteiger partial charge in [-0.05, 0) is 6.07 Å². The Labute approximate surface area is 92.2 Å². The van der Waals surface area contributed by atoms with Crippen molar-refractivity contribution < 1.29 is 14.6 Å². The lowest BCUT2D eigenvalue weighted by Gasteiger charge is -1.97. The number of carboxylic acid groups (broad SMARTS) is 1. The van der Waals surface area contributed by atoms with E-state index >= 15 is 0 Å². The molecule has 0 amide bonds. The van der Waals surface area contributed by atoms with Gasteiger partial charge in [0.2, 0.25) is 0 Å². The molecule has 0 saturated heterocycles. The fourth-order valence-corrected chi connectivity index (χ4v) is 1.63. The number of fused-ring (bicyclic) bond motifs is 1. The number of aryl methyl sites for hydroxylation is 1. The van der Waals surface area contributed by atoms with Gasteiger partial charge in [-0.15, -0.1) is 0 Å². The van der Waals surface area contributed by atoms with Crippen molar-refractivity contribution in [2.24, 2.45) is 7.05 Å². The van der Waals surface area contributed by atoms with Gasteiger partial charge in [0, 0.05) is 12.4 Å². The van der Waals surface area contributed by atoms with E-state index in [-0.39, 0.29) is 13.2 Å². The van der Waals surface area contributed by atoms with E-state index in [1.807, 2.05) is 31.3 Å². The normalized spacial score (nSPS) is 10.8. The minimum absolute atomic E-state index is 0.216. The SMILES string of the molecule is Cn1nc(COCC(=O)O)c2ccccc21. The van der Waals surface area contributed by atoms with Crippen LogP contribution in [-0.4, -0.2) is 27.5 Å². The number of rotatable bonds is 4. The van der Waals surface area contributed by atoms with Crippen LogP contribution in [0.3, 0.4) is 0 Å². The van der Waals surface area contributed by atoms with Crippen LogP contribution < -0.4 is 0 Å². The molecule has 0 saturated carbocycles. The second-order valence-corrected chi connectivity index (χ2v) is 3.47. The second kappa shape index (κ2) is 4.32. The number of carbonyl (C=O) groups is 1. The minimum atomic E-state index is -0.972. The topological polar surface area (TPSA) is 64.4 Å². The van der Waals surface area contributed by atoms with E-state index in [4.69, 9.17) is 9.84 Å². The molecule has 5 nitrogen and oxygen atoms in total. The van der Waals surface area contributed by atoms with Gasteiger partial charge in [-0.2, -0.15) is 5.10 Å². The monoisotopic (exact) mass is 220 g/mol. The first-order valence-electron chi connectivity index (χ1n) is 4.88. The Hall–Kier alpha value is -1.88. The van der Waals surface area contributed by atoms with Crippen LogP contribution in [0, 0.1) is 0 Å². The van der Waals surface area contributed by atoms with Crippen molar-refractivity contribution in [1.29, 1.82) is 0 Å². The third kappa shape index (κ3) is 2.04. The van der Waals surface area contributed by atoms with Gasteiger partial charge in [-0.25, -0.2) is 4.79 Å². The van der Waals surface area contributed by atoms with Gasteiger partial charge in [0.15, 0.2) is 0 Å². The first kappa shape index (κ1) is 10.6. The molecule has 1 heterocycles. The minimum Gasteiger partial charge on any atom is -0.480 e. The average molecular weight is 220 g/mol. The van der Waals surface area contributed by atoms with Crippen LogP contribution in [0.25, 0.3) is 10.9 Å². The standard InChI is InChI=1S/C11H12N2O3/c1-13-10-5-3-2-4-8(10)9(12-13)6-16-7-11(14)15/h2-5H,6-7H2,1H3,(H,14,15). The van der Waals surface area contributed by atoms with Crippen molar-refractivity contribution in [3.8, 4) is 0 Å². The van der Waals surface area contributed by atoms with Gasteiger partial charge in [0.05, 0.1) is 17.8 Å². The summed E-state index contributed by atoms with van der Waals surface area (Å²) in [4.78, 5) is 10.3. The van der Waals surface area contributed by atoms with E-state index in [0.29, 0.717) is 0 Å². The van der Waals surface area contributed by atoms with E-state index in [1.54, 1.807) is 4.68 Å². The van der Waals surface area contributed by atoms with Crippen molar-refractivity contribution in [3.63, 3.8) is 0 Å².